The van der Waals surface area contributed by atoms with Crippen LogP contribution in [0.3, 0.4) is 0 Å². The van der Waals surface area contributed by atoms with Crippen molar-refractivity contribution in [1.29, 1.82) is 0 Å². The Morgan fingerprint density at radius 1 is 1.50 bits per heavy atom. The lowest BCUT2D eigenvalue weighted by atomic mass is 10.2. The quantitative estimate of drug-likeness (QED) is 0.437. The first-order valence-corrected chi connectivity index (χ1v) is 3.29. The van der Waals surface area contributed by atoms with Gasteiger partial charge in [-0.05, 0) is 12.3 Å². The Kier molecular flexibility index (Phi) is 0.800. The minimum Gasteiger partial charge on any atom is -0.0888 e. The van der Waals surface area contributed by atoms with Crippen molar-refractivity contribution in [3.05, 3.63) is 23.3 Å². The average molecular weight is 127 g/mol. The van der Waals surface area contributed by atoms with Crippen LogP contribution in [0, 0.1) is 11.8 Å². The molecule has 0 nitrogen and oxygen atoms in total. The van der Waals surface area contributed by atoms with Crippen molar-refractivity contribution in [2.24, 2.45) is 11.8 Å². The highest BCUT2D eigenvalue weighted by Gasteiger charge is 2.26. The van der Waals surface area contributed by atoms with E-state index in [9.17, 15) is 0 Å². The van der Waals surface area contributed by atoms with Gasteiger partial charge in [0.25, 0.3) is 0 Å². The fourth-order valence-corrected chi connectivity index (χ4v) is 1.71. The van der Waals surface area contributed by atoms with Crippen LogP contribution in [0.4, 0.5) is 0 Å². The summed E-state index contributed by atoms with van der Waals surface area (Å²) in [5.74, 6) is 1.26. The monoisotopic (exact) mass is 126 g/mol. The number of hydrogen-bond acceptors (Lipinski definition) is 0. The molecule has 0 aromatic heterocycles. The predicted molar refractivity (Wildman–Crippen MR) is 34.7 cm³/mol. The second-order valence-electron chi connectivity index (χ2n) is 2.44. The molecule has 0 saturated carbocycles. The van der Waals surface area contributed by atoms with Crippen molar-refractivity contribution >= 4 is 11.6 Å². The fourth-order valence-electron chi connectivity index (χ4n) is 1.38. The maximum Gasteiger partial charge on any atom is 0.0216 e. The maximum absolute atomic E-state index is 5.82. The Bertz CT molecular complexity index is 167. The van der Waals surface area contributed by atoms with E-state index in [1.807, 2.05) is 0 Å². The Balaban J connectivity index is 2.36. The van der Waals surface area contributed by atoms with E-state index in [4.69, 9.17) is 11.6 Å². The zero-order valence-electron chi connectivity index (χ0n) is 4.47. The summed E-state index contributed by atoms with van der Waals surface area (Å²) in [6.07, 6.45) is 7.81. The second kappa shape index (κ2) is 1.38. The molecule has 2 rings (SSSR count). The number of rotatable bonds is 0. The molecule has 0 fully saturated rings. The largest absolute Gasteiger partial charge is 0.0888 e. The van der Waals surface area contributed by atoms with Crippen molar-refractivity contribution in [2.45, 2.75) is 6.42 Å². The molecule has 2 bridgehead atoms. The van der Waals surface area contributed by atoms with Crippen LogP contribution < -0.4 is 0 Å². The molecule has 42 valence electrons. The number of fused-ring (bicyclic) bond motifs is 2. The minimum absolute atomic E-state index is 0.585. The van der Waals surface area contributed by atoms with Crippen LogP contribution >= 0.6 is 11.6 Å². The predicted octanol–water partition coefficient (Wildman–Crippen LogP) is 2.32. The Labute approximate surface area is 53.8 Å². The molecule has 0 aromatic rings. The van der Waals surface area contributed by atoms with Gasteiger partial charge in [-0.2, -0.15) is 0 Å². The van der Waals surface area contributed by atoms with E-state index in [-0.39, 0.29) is 0 Å². The molecule has 0 heterocycles. The molecule has 0 spiro atoms. The first-order chi connectivity index (χ1) is 3.86. The van der Waals surface area contributed by atoms with Gasteiger partial charge in [-0.25, -0.2) is 0 Å². The first kappa shape index (κ1) is 4.63. The van der Waals surface area contributed by atoms with Crippen molar-refractivity contribution in [2.75, 3.05) is 0 Å². The summed E-state index contributed by atoms with van der Waals surface area (Å²) >= 11 is 5.82. The summed E-state index contributed by atoms with van der Waals surface area (Å²) in [7, 11) is 0. The van der Waals surface area contributed by atoms with Gasteiger partial charge in [0.05, 0.1) is 0 Å². The summed E-state index contributed by atoms with van der Waals surface area (Å²) in [5, 5.41) is 1.05. The maximum atomic E-state index is 5.82. The van der Waals surface area contributed by atoms with Gasteiger partial charge in [0.15, 0.2) is 0 Å². The standard InChI is InChI=1S/C7H7Cl/c8-7-4-5-1-2-6(7)3-5/h1-2,4-6H,3H2. The molecular weight excluding hydrogens is 120 g/mol. The molecular formula is C7H7Cl. The lowest BCUT2D eigenvalue weighted by molar-refractivity contribution is 0.727. The van der Waals surface area contributed by atoms with E-state index < -0.39 is 0 Å². The molecule has 1 heteroatoms. The number of halogens is 1. The van der Waals surface area contributed by atoms with Crippen LogP contribution in [0.1, 0.15) is 6.42 Å². The number of hydrogen-bond donors (Lipinski definition) is 0. The van der Waals surface area contributed by atoms with E-state index in [1.54, 1.807) is 0 Å². The summed E-state index contributed by atoms with van der Waals surface area (Å²) < 4.78 is 0. The van der Waals surface area contributed by atoms with Gasteiger partial charge in [-0.15, -0.1) is 0 Å². The lowest BCUT2D eigenvalue weighted by Crippen LogP contribution is -1.83. The average Bonchev–Trinajstić information content (AvgIpc) is 2.23. The van der Waals surface area contributed by atoms with Gasteiger partial charge in [0.2, 0.25) is 0 Å². The molecule has 2 atom stereocenters. The third kappa shape index (κ3) is 0.467. The summed E-state index contributed by atoms with van der Waals surface area (Å²) in [6, 6.07) is 0. The molecule has 0 saturated heterocycles. The highest BCUT2D eigenvalue weighted by molar-refractivity contribution is 6.30. The molecule has 8 heavy (non-hydrogen) atoms. The van der Waals surface area contributed by atoms with Crippen molar-refractivity contribution in [3.8, 4) is 0 Å². The zero-order valence-corrected chi connectivity index (χ0v) is 5.23. The van der Waals surface area contributed by atoms with E-state index >= 15 is 0 Å². The molecule has 2 unspecified atom stereocenters. The van der Waals surface area contributed by atoms with Crippen molar-refractivity contribution in [3.63, 3.8) is 0 Å². The van der Waals surface area contributed by atoms with E-state index in [2.05, 4.69) is 18.2 Å². The van der Waals surface area contributed by atoms with Crippen molar-refractivity contribution in [1.82, 2.24) is 0 Å². The molecule has 2 aliphatic carbocycles. The van der Waals surface area contributed by atoms with Crippen LogP contribution in [0.5, 0.6) is 0 Å². The van der Waals surface area contributed by atoms with Crippen LogP contribution in [-0.2, 0) is 0 Å². The molecule has 2 aliphatic rings. The second-order valence-corrected chi connectivity index (χ2v) is 2.88. The normalized spacial score (nSPS) is 40.9. The van der Waals surface area contributed by atoms with Gasteiger partial charge >= 0.3 is 0 Å². The molecule has 0 aliphatic heterocycles. The van der Waals surface area contributed by atoms with Gasteiger partial charge in [0.1, 0.15) is 0 Å². The SMILES string of the molecule is ClC1=CC2C=CC1C2. The van der Waals surface area contributed by atoms with E-state index in [0.717, 1.165) is 5.03 Å². The highest BCUT2D eigenvalue weighted by atomic mass is 35.5. The third-order valence-electron chi connectivity index (χ3n) is 1.84. The van der Waals surface area contributed by atoms with E-state index in [1.165, 1.54) is 6.42 Å². The van der Waals surface area contributed by atoms with Crippen LogP contribution in [-0.4, -0.2) is 0 Å². The molecule has 0 amide bonds. The first-order valence-electron chi connectivity index (χ1n) is 2.92. The highest BCUT2D eigenvalue weighted by Crippen LogP contribution is 2.39. The van der Waals surface area contributed by atoms with Crippen LogP contribution in [0.25, 0.3) is 0 Å². The third-order valence-corrected chi connectivity index (χ3v) is 2.25. The van der Waals surface area contributed by atoms with Crippen molar-refractivity contribution < 1.29 is 0 Å². The summed E-state index contributed by atoms with van der Waals surface area (Å²) in [4.78, 5) is 0. The Morgan fingerprint density at radius 3 is 2.62 bits per heavy atom. The van der Waals surface area contributed by atoms with Gasteiger partial charge < -0.3 is 0 Å². The number of allylic oxidation sites excluding steroid dienone is 4. The Morgan fingerprint density at radius 2 is 2.38 bits per heavy atom. The molecule has 0 radical (unpaired) electrons. The van der Waals surface area contributed by atoms with E-state index in [0.29, 0.717) is 11.8 Å². The lowest BCUT2D eigenvalue weighted by Gasteiger charge is -1.96. The fraction of sp³-hybridized carbons (Fsp3) is 0.429. The molecule has 0 aromatic carbocycles. The topological polar surface area (TPSA) is 0 Å². The zero-order chi connectivity index (χ0) is 5.56. The smallest absolute Gasteiger partial charge is 0.0216 e. The van der Waals surface area contributed by atoms with Gasteiger partial charge in [-0.3, -0.25) is 0 Å². The summed E-state index contributed by atoms with van der Waals surface area (Å²) in [5.41, 5.74) is 0. The Hall–Kier alpha value is -0.230. The summed E-state index contributed by atoms with van der Waals surface area (Å²) in [6.45, 7) is 0. The van der Waals surface area contributed by atoms with Gasteiger partial charge in [0, 0.05) is 11.0 Å². The van der Waals surface area contributed by atoms with Crippen LogP contribution in [0.15, 0.2) is 23.3 Å². The van der Waals surface area contributed by atoms with Crippen LogP contribution in [0.2, 0.25) is 0 Å². The van der Waals surface area contributed by atoms with Gasteiger partial charge in [-0.1, -0.05) is 29.8 Å². The minimum atomic E-state index is 0.585. The molecule has 0 N–H and O–H groups in total.